The molecule has 16 heavy (non-hydrogen) atoms. The summed E-state index contributed by atoms with van der Waals surface area (Å²) in [6.45, 7) is 0. The number of halogens is 1. The van der Waals surface area contributed by atoms with E-state index in [0.717, 1.165) is 5.52 Å². The first-order chi connectivity index (χ1) is 7.74. The van der Waals surface area contributed by atoms with Gasteiger partial charge in [0.1, 0.15) is 11.2 Å². The number of nitrogens with zero attached hydrogens (tertiary/aromatic N) is 3. The van der Waals surface area contributed by atoms with E-state index in [-0.39, 0.29) is 0 Å². The van der Waals surface area contributed by atoms with Gasteiger partial charge in [0.25, 0.3) is 0 Å². The fourth-order valence-corrected chi connectivity index (χ4v) is 1.77. The standard InChI is InChI=1S/C9H7ClN6/c10-4-1-5(11)8-6(2-4)13-9(14-8)7-3-12-16-15-7/h1-3H,11H2,(H,13,14)(H,12,15,16). The predicted molar refractivity (Wildman–Crippen MR) is 60.9 cm³/mol. The summed E-state index contributed by atoms with van der Waals surface area (Å²) in [4.78, 5) is 7.42. The average Bonchev–Trinajstić information content (AvgIpc) is 2.82. The highest BCUT2D eigenvalue weighted by Gasteiger charge is 2.10. The van der Waals surface area contributed by atoms with Crippen molar-refractivity contribution in [3.05, 3.63) is 23.4 Å². The zero-order valence-corrected chi connectivity index (χ0v) is 8.78. The van der Waals surface area contributed by atoms with Crippen LogP contribution in [0.15, 0.2) is 18.3 Å². The predicted octanol–water partition coefficient (Wildman–Crippen LogP) is 1.58. The molecule has 4 N–H and O–H groups in total. The third kappa shape index (κ3) is 1.31. The fourth-order valence-electron chi connectivity index (χ4n) is 1.54. The molecule has 0 bridgehead atoms. The maximum Gasteiger partial charge on any atom is 0.160 e. The Balaban J connectivity index is 2.27. The minimum atomic E-state index is 0.536. The van der Waals surface area contributed by atoms with Crippen molar-refractivity contribution in [3.63, 3.8) is 0 Å². The van der Waals surface area contributed by atoms with Gasteiger partial charge in [-0.25, -0.2) is 4.98 Å². The summed E-state index contributed by atoms with van der Waals surface area (Å²) in [6.07, 6.45) is 1.58. The van der Waals surface area contributed by atoms with E-state index in [1.54, 1.807) is 18.3 Å². The first-order valence-electron chi connectivity index (χ1n) is 4.55. The highest BCUT2D eigenvalue weighted by Crippen LogP contribution is 2.26. The number of benzene rings is 1. The number of imidazole rings is 1. The topological polar surface area (TPSA) is 96.3 Å². The van der Waals surface area contributed by atoms with Crippen LogP contribution in [0.25, 0.3) is 22.6 Å². The molecule has 0 amide bonds. The van der Waals surface area contributed by atoms with Gasteiger partial charge in [0.15, 0.2) is 5.82 Å². The minimum Gasteiger partial charge on any atom is -0.397 e. The van der Waals surface area contributed by atoms with Crippen LogP contribution < -0.4 is 5.73 Å². The third-order valence-electron chi connectivity index (χ3n) is 2.24. The van der Waals surface area contributed by atoms with Crippen molar-refractivity contribution >= 4 is 28.3 Å². The maximum absolute atomic E-state index is 5.90. The van der Waals surface area contributed by atoms with Crippen molar-refractivity contribution in [2.24, 2.45) is 0 Å². The Morgan fingerprint density at radius 3 is 2.94 bits per heavy atom. The molecule has 0 aliphatic rings. The second-order valence-electron chi connectivity index (χ2n) is 3.33. The smallest absolute Gasteiger partial charge is 0.160 e. The lowest BCUT2D eigenvalue weighted by Gasteiger charge is -1.94. The number of H-pyrrole nitrogens is 2. The molecule has 0 saturated heterocycles. The zero-order valence-electron chi connectivity index (χ0n) is 8.03. The van der Waals surface area contributed by atoms with Gasteiger partial charge in [0.05, 0.1) is 17.4 Å². The zero-order chi connectivity index (χ0) is 11.1. The van der Waals surface area contributed by atoms with E-state index in [9.17, 15) is 0 Å². The normalized spacial score (nSPS) is 11.1. The summed E-state index contributed by atoms with van der Waals surface area (Å²) in [7, 11) is 0. The lowest BCUT2D eigenvalue weighted by atomic mass is 10.3. The summed E-state index contributed by atoms with van der Waals surface area (Å²) >= 11 is 5.90. The summed E-state index contributed by atoms with van der Waals surface area (Å²) in [5.74, 6) is 0.609. The van der Waals surface area contributed by atoms with Crippen LogP contribution >= 0.6 is 11.6 Å². The van der Waals surface area contributed by atoms with E-state index in [1.807, 2.05) is 0 Å². The van der Waals surface area contributed by atoms with Crippen LogP contribution in [-0.4, -0.2) is 25.4 Å². The minimum absolute atomic E-state index is 0.536. The number of nitrogens with one attached hydrogen (secondary N) is 2. The molecule has 0 fully saturated rings. The molecule has 0 atom stereocenters. The van der Waals surface area contributed by atoms with Crippen molar-refractivity contribution in [3.8, 4) is 11.5 Å². The number of anilines is 1. The SMILES string of the molecule is Nc1cc(Cl)cc2[nH]c(-c3cn[nH]n3)nc12. The van der Waals surface area contributed by atoms with Crippen LogP contribution in [0, 0.1) is 0 Å². The highest BCUT2D eigenvalue weighted by atomic mass is 35.5. The van der Waals surface area contributed by atoms with Gasteiger partial charge in [-0.05, 0) is 12.1 Å². The Bertz CT molecular complexity index is 641. The number of hydrogen-bond acceptors (Lipinski definition) is 4. The van der Waals surface area contributed by atoms with Crippen molar-refractivity contribution in [2.75, 3.05) is 5.73 Å². The number of aromatic nitrogens is 5. The monoisotopic (exact) mass is 234 g/mol. The first-order valence-corrected chi connectivity index (χ1v) is 4.93. The molecule has 80 valence electrons. The largest absolute Gasteiger partial charge is 0.397 e. The molecular formula is C9H7ClN6. The van der Waals surface area contributed by atoms with Gasteiger partial charge >= 0.3 is 0 Å². The Morgan fingerprint density at radius 2 is 2.19 bits per heavy atom. The fraction of sp³-hybridized carbons (Fsp3) is 0. The summed E-state index contributed by atoms with van der Waals surface area (Å²) in [6, 6.07) is 3.43. The average molecular weight is 235 g/mol. The van der Waals surface area contributed by atoms with Crippen LogP contribution in [0.1, 0.15) is 0 Å². The molecule has 0 unspecified atom stereocenters. The van der Waals surface area contributed by atoms with E-state index in [1.165, 1.54) is 0 Å². The van der Waals surface area contributed by atoms with E-state index < -0.39 is 0 Å². The lowest BCUT2D eigenvalue weighted by molar-refractivity contribution is 0.940. The Labute approximate surface area is 94.8 Å². The second kappa shape index (κ2) is 3.21. The molecule has 0 saturated carbocycles. The van der Waals surface area contributed by atoms with Crippen LogP contribution in [0.3, 0.4) is 0 Å². The Morgan fingerprint density at radius 1 is 1.31 bits per heavy atom. The van der Waals surface area contributed by atoms with E-state index in [0.29, 0.717) is 27.7 Å². The van der Waals surface area contributed by atoms with E-state index in [4.69, 9.17) is 17.3 Å². The maximum atomic E-state index is 5.90. The van der Waals surface area contributed by atoms with Gasteiger partial charge in [-0.2, -0.15) is 15.4 Å². The molecule has 0 aliphatic heterocycles. The molecule has 0 radical (unpaired) electrons. The Hall–Kier alpha value is -2.08. The molecule has 2 aromatic heterocycles. The van der Waals surface area contributed by atoms with Crippen LogP contribution in [-0.2, 0) is 0 Å². The molecule has 0 spiro atoms. The van der Waals surface area contributed by atoms with Gasteiger partial charge in [-0.3, -0.25) is 0 Å². The summed E-state index contributed by atoms with van der Waals surface area (Å²) in [5.41, 5.74) is 8.44. The number of rotatable bonds is 1. The van der Waals surface area contributed by atoms with E-state index in [2.05, 4.69) is 25.4 Å². The van der Waals surface area contributed by atoms with Gasteiger partial charge in [0.2, 0.25) is 0 Å². The third-order valence-corrected chi connectivity index (χ3v) is 2.46. The van der Waals surface area contributed by atoms with Crippen molar-refractivity contribution in [2.45, 2.75) is 0 Å². The van der Waals surface area contributed by atoms with Gasteiger partial charge in [-0.15, -0.1) is 0 Å². The summed E-state index contributed by atoms with van der Waals surface area (Å²) < 4.78 is 0. The summed E-state index contributed by atoms with van der Waals surface area (Å²) in [5, 5.41) is 10.7. The van der Waals surface area contributed by atoms with Gasteiger partial charge in [0, 0.05) is 5.02 Å². The van der Waals surface area contributed by atoms with Gasteiger partial charge < -0.3 is 10.7 Å². The molecule has 3 aromatic rings. The number of aromatic amines is 2. The number of hydrogen-bond donors (Lipinski definition) is 3. The number of nitrogen functional groups attached to an aromatic ring is 1. The molecule has 1 aromatic carbocycles. The number of nitrogens with two attached hydrogens (primary N) is 1. The highest BCUT2D eigenvalue weighted by molar-refractivity contribution is 6.31. The molecule has 3 rings (SSSR count). The van der Waals surface area contributed by atoms with E-state index >= 15 is 0 Å². The van der Waals surface area contributed by atoms with Gasteiger partial charge in [-0.1, -0.05) is 11.6 Å². The van der Waals surface area contributed by atoms with Crippen molar-refractivity contribution in [1.82, 2.24) is 25.4 Å². The van der Waals surface area contributed by atoms with Crippen molar-refractivity contribution < 1.29 is 0 Å². The first kappa shape index (κ1) is 9.17. The lowest BCUT2D eigenvalue weighted by Crippen LogP contribution is -1.86. The molecular weight excluding hydrogens is 228 g/mol. The quantitative estimate of drug-likeness (QED) is 0.557. The van der Waals surface area contributed by atoms with Crippen LogP contribution in [0.5, 0.6) is 0 Å². The molecule has 0 aliphatic carbocycles. The van der Waals surface area contributed by atoms with Crippen LogP contribution in [0.2, 0.25) is 5.02 Å². The number of fused-ring (bicyclic) bond motifs is 1. The van der Waals surface area contributed by atoms with Crippen molar-refractivity contribution in [1.29, 1.82) is 0 Å². The Kier molecular flexibility index (Phi) is 1.84. The molecule has 6 nitrogen and oxygen atoms in total. The second-order valence-corrected chi connectivity index (χ2v) is 3.77. The molecule has 7 heteroatoms. The molecule has 2 heterocycles. The van der Waals surface area contributed by atoms with Crippen LogP contribution in [0.4, 0.5) is 5.69 Å².